The van der Waals surface area contributed by atoms with E-state index >= 15 is 0 Å². The fourth-order valence-corrected chi connectivity index (χ4v) is 1.32. The molecule has 0 radical (unpaired) electrons. The molecular formula is C11H15F2NO. The van der Waals surface area contributed by atoms with Gasteiger partial charge in [-0.1, -0.05) is 30.3 Å². The second-order valence-electron chi connectivity index (χ2n) is 3.66. The summed E-state index contributed by atoms with van der Waals surface area (Å²) < 4.78 is 23.7. The molecule has 0 bridgehead atoms. The number of hydrogen-bond donors (Lipinski definition) is 2. The van der Waals surface area contributed by atoms with Gasteiger partial charge in [-0.15, -0.1) is 0 Å². The zero-order valence-corrected chi connectivity index (χ0v) is 8.58. The molecule has 0 amide bonds. The monoisotopic (exact) mass is 215 g/mol. The third kappa shape index (κ3) is 3.93. The lowest BCUT2D eigenvalue weighted by molar-refractivity contribution is 0.0503. The Morgan fingerprint density at radius 1 is 1.33 bits per heavy atom. The molecule has 0 heterocycles. The first-order valence-electron chi connectivity index (χ1n) is 4.79. The lowest BCUT2D eigenvalue weighted by Crippen LogP contribution is -2.37. The molecule has 1 aromatic rings. The number of alkyl halides is 2. The third-order valence-corrected chi connectivity index (χ3v) is 2.16. The summed E-state index contributed by atoms with van der Waals surface area (Å²) in [6, 6.07) is 8.98. The average molecular weight is 215 g/mol. The van der Waals surface area contributed by atoms with Crippen molar-refractivity contribution < 1.29 is 13.9 Å². The van der Waals surface area contributed by atoms with Gasteiger partial charge in [-0.05, 0) is 12.5 Å². The van der Waals surface area contributed by atoms with E-state index in [1.807, 2.05) is 6.07 Å². The van der Waals surface area contributed by atoms with Gasteiger partial charge < -0.3 is 10.4 Å². The minimum atomic E-state index is -2.39. The molecule has 0 saturated carbocycles. The van der Waals surface area contributed by atoms with Gasteiger partial charge in [0.15, 0.2) is 0 Å². The molecule has 15 heavy (non-hydrogen) atoms. The standard InChI is InChI=1S/C11H15F2NO/c1-11(15,8-14-7-10(12)13)9-5-3-2-4-6-9/h2-6,10,14-15H,7-8H2,1H3. The molecule has 4 heteroatoms. The molecule has 1 rings (SSSR count). The van der Waals surface area contributed by atoms with Gasteiger partial charge in [0.05, 0.1) is 12.1 Å². The zero-order chi connectivity index (χ0) is 11.3. The van der Waals surface area contributed by atoms with Crippen molar-refractivity contribution in [3.05, 3.63) is 35.9 Å². The quantitative estimate of drug-likeness (QED) is 0.784. The second kappa shape index (κ2) is 5.19. The van der Waals surface area contributed by atoms with E-state index in [4.69, 9.17) is 0 Å². The highest BCUT2D eigenvalue weighted by molar-refractivity contribution is 5.21. The topological polar surface area (TPSA) is 32.3 Å². The van der Waals surface area contributed by atoms with Crippen LogP contribution in [-0.4, -0.2) is 24.6 Å². The lowest BCUT2D eigenvalue weighted by Gasteiger charge is -2.24. The van der Waals surface area contributed by atoms with Crippen LogP contribution in [0.1, 0.15) is 12.5 Å². The van der Waals surface area contributed by atoms with Crippen molar-refractivity contribution in [3.8, 4) is 0 Å². The summed E-state index contributed by atoms with van der Waals surface area (Å²) in [5.41, 5.74) is -0.400. The second-order valence-corrected chi connectivity index (χ2v) is 3.66. The van der Waals surface area contributed by atoms with Crippen LogP contribution in [0, 0.1) is 0 Å². The van der Waals surface area contributed by atoms with Crippen molar-refractivity contribution in [1.29, 1.82) is 0 Å². The van der Waals surface area contributed by atoms with Crippen LogP contribution in [0.4, 0.5) is 8.78 Å². The van der Waals surface area contributed by atoms with Gasteiger partial charge in [0, 0.05) is 6.54 Å². The fraction of sp³-hybridized carbons (Fsp3) is 0.455. The highest BCUT2D eigenvalue weighted by Crippen LogP contribution is 2.18. The molecular weight excluding hydrogens is 200 g/mol. The van der Waals surface area contributed by atoms with E-state index in [2.05, 4.69) is 5.32 Å². The molecule has 2 nitrogen and oxygen atoms in total. The highest BCUT2D eigenvalue weighted by Gasteiger charge is 2.22. The van der Waals surface area contributed by atoms with Gasteiger partial charge in [0.2, 0.25) is 0 Å². The Labute approximate surface area is 87.9 Å². The van der Waals surface area contributed by atoms with Crippen molar-refractivity contribution in [3.63, 3.8) is 0 Å². The predicted octanol–water partition coefficient (Wildman–Crippen LogP) is 1.75. The minimum Gasteiger partial charge on any atom is -0.384 e. The number of rotatable bonds is 5. The summed E-state index contributed by atoms with van der Waals surface area (Å²) in [5.74, 6) is 0. The first kappa shape index (κ1) is 12.1. The maximum atomic E-state index is 11.9. The molecule has 0 aliphatic carbocycles. The average Bonchev–Trinajstić information content (AvgIpc) is 2.18. The Bertz CT molecular complexity index is 288. The van der Waals surface area contributed by atoms with E-state index in [-0.39, 0.29) is 6.54 Å². The number of nitrogens with one attached hydrogen (secondary N) is 1. The summed E-state index contributed by atoms with van der Waals surface area (Å²) in [6.45, 7) is 1.31. The van der Waals surface area contributed by atoms with Gasteiger partial charge in [-0.2, -0.15) is 0 Å². The van der Waals surface area contributed by atoms with E-state index < -0.39 is 18.6 Å². The summed E-state index contributed by atoms with van der Waals surface area (Å²) in [4.78, 5) is 0. The molecule has 1 unspecified atom stereocenters. The van der Waals surface area contributed by atoms with Crippen molar-refractivity contribution in [2.45, 2.75) is 19.0 Å². The van der Waals surface area contributed by atoms with Crippen molar-refractivity contribution in [1.82, 2.24) is 5.32 Å². The van der Waals surface area contributed by atoms with Crippen LogP contribution in [0.5, 0.6) is 0 Å². The molecule has 84 valence electrons. The normalized spacial score (nSPS) is 15.3. The third-order valence-electron chi connectivity index (χ3n) is 2.16. The Kier molecular flexibility index (Phi) is 4.17. The largest absolute Gasteiger partial charge is 0.384 e. The van der Waals surface area contributed by atoms with Crippen LogP contribution in [-0.2, 0) is 5.60 Å². The Morgan fingerprint density at radius 2 is 1.93 bits per heavy atom. The van der Waals surface area contributed by atoms with Gasteiger partial charge in [0.25, 0.3) is 6.43 Å². The molecule has 1 atom stereocenters. The summed E-state index contributed by atoms with van der Waals surface area (Å²) >= 11 is 0. The van der Waals surface area contributed by atoms with E-state index in [1.165, 1.54) is 0 Å². The summed E-state index contributed by atoms with van der Waals surface area (Å²) in [5, 5.41) is 12.5. The minimum absolute atomic E-state index is 0.112. The van der Waals surface area contributed by atoms with Gasteiger partial charge in [-0.25, -0.2) is 8.78 Å². The number of aliphatic hydroxyl groups is 1. The molecule has 0 saturated heterocycles. The maximum Gasteiger partial charge on any atom is 0.250 e. The van der Waals surface area contributed by atoms with Crippen LogP contribution >= 0.6 is 0 Å². The lowest BCUT2D eigenvalue weighted by atomic mass is 9.96. The maximum absolute atomic E-state index is 11.9. The van der Waals surface area contributed by atoms with Crippen LogP contribution in [0.3, 0.4) is 0 Å². The first-order valence-corrected chi connectivity index (χ1v) is 4.79. The van der Waals surface area contributed by atoms with E-state index in [0.717, 1.165) is 0 Å². The first-order chi connectivity index (χ1) is 7.02. The molecule has 0 aromatic heterocycles. The molecule has 0 aliphatic rings. The van der Waals surface area contributed by atoms with Gasteiger partial charge >= 0.3 is 0 Å². The Hall–Kier alpha value is -1.00. The molecule has 0 aliphatic heterocycles. The zero-order valence-electron chi connectivity index (χ0n) is 8.58. The van der Waals surface area contributed by atoms with E-state index in [9.17, 15) is 13.9 Å². The van der Waals surface area contributed by atoms with E-state index in [0.29, 0.717) is 5.56 Å². The van der Waals surface area contributed by atoms with Crippen molar-refractivity contribution in [2.24, 2.45) is 0 Å². The number of benzene rings is 1. The molecule has 1 aromatic carbocycles. The van der Waals surface area contributed by atoms with Gasteiger partial charge in [0.1, 0.15) is 0 Å². The van der Waals surface area contributed by atoms with Crippen LogP contribution in [0.2, 0.25) is 0 Å². The van der Waals surface area contributed by atoms with E-state index in [1.54, 1.807) is 31.2 Å². The number of hydrogen-bond acceptors (Lipinski definition) is 2. The van der Waals surface area contributed by atoms with Gasteiger partial charge in [-0.3, -0.25) is 0 Å². The fourth-order valence-electron chi connectivity index (χ4n) is 1.32. The van der Waals surface area contributed by atoms with Crippen molar-refractivity contribution >= 4 is 0 Å². The summed E-state index contributed by atoms with van der Waals surface area (Å²) in [7, 11) is 0. The highest BCUT2D eigenvalue weighted by atomic mass is 19.3. The molecule has 0 fully saturated rings. The number of halogens is 2. The molecule has 0 spiro atoms. The Morgan fingerprint density at radius 3 is 2.47 bits per heavy atom. The van der Waals surface area contributed by atoms with Crippen LogP contribution in [0.25, 0.3) is 0 Å². The predicted molar refractivity (Wildman–Crippen MR) is 54.9 cm³/mol. The SMILES string of the molecule is CC(O)(CNCC(F)F)c1ccccc1. The van der Waals surface area contributed by atoms with Crippen LogP contribution < -0.4 is 5.32 Å². The smallest absolute Gasteiger partial charge is 0.250 e. The van der Waals surface area contributed by atoms with Crippen molar-refractivity contribution in [2.75, 3.05) is 13.1 Å². The Balaban J connectivity index is 2.52. The van der Waals surface area contributed by atoms with Crippen LogP contribution in [0.15, 0.2) is 30.3 Å². The molecule has 2 N–H and O–H groups in total. The summed E-state index contributed by atoms with van der Waals surface area (Å²) in [6.07, 6.45) is -2.39.